The third-order valence-corrected chi connectivity index (χ3v) is 3.12. The first-order valence-electron chi connectivity index (χ1n) is 5.71. The van der Waals surface area contributed by atoms with E-state index >= 15 is 0 Å². The number of aryl methyl sites for hydroxylation is 1. The van der Waals surface area contributed by atoms with E-state index < -0.39 is 0 Å². The highest BCUT2D eigenvalue weighted by molar-refractivity contribution is 5.51. The third kappa shape index (κ3) is 2.35. The summed E-state index contributed by atoms with van der Waals surface area (Å²) in [5.74, 6) is 1.48. The van der Waals surface area contributed by atoms with Crippen LogP contribution in [0.4, 0.5) is 0 Å². The van der Waals surface area contributed by atoms with E-state index in [0.717, 1.165) is 42.9 Å². The molecule has 1 heterocycles. The number of nitrogens with zero attached hydrogens (tertiary/aromatic N) is 1. The number of rotatable bonds is 3. The topological polar surface area (TPSA) is 38.8 Å². The molecule has 0 fully saturated rings. The van der Waals surface area contributed by atoms with Gasteiger partial charge in [0.2, 0.25) is 6.41 Å². The van der Waals surface area contributed by atoms with Crippen molar-refractivity contribution in [2.45, 2.75) is 19.4 Å². The van der Waals surface area contributed by atoms with Gasteiger partial charge < -0.3 is 14.4 Å². The Kier molecular flexibility index (Phi) is 3.52. The fourth-order valence-corrected chi connectivity index (χ4v) is 2.20. The Hall–Kier alpha value is -1.71. The lowest BCUT2D eigenvalue weighted by Crippen LogP contribution is -2.20. The number of fused-ring (bicyclic) bond motifs is 1. The molecule has 0 aromatic heterocycles. The Morgan fingerprint density at radius 3 is 2.41 bits per heavy atom. The summed E-state index contributed by atoms with van der Waals surface area (Å²) < 4.78 is 10.6. The van der Waals surface area contributed by atoms with Crippen LogP contribution in [0.1, 0.15) is 17.5 Å². The number of benzene rings is 1. The average Bonchev–Trinajstić information content (AvgIpc) is 2.57. The van der Waals surface area contributed by atoms with Crippen molar-refractivity contribution in [1.29, 1.82) is 0 Å². The van der Waals surface area contributed by atoms with Crippen molar-refractivity contribution in [1.82, 2.24) is 4.90 Å². The van der Waals surface area contributed by atoms with Crippen LogP contribution in [-0.2, 0) is 17.8 Å². The zero-order valence-electron chi connectivity index (χ0n) is 10.2. The fraction of sp³-hybridized carbons (Fsp3) is 0.462. The van der Waals surface area contributed by atoms with Crippen molar-refractivity contribution in [2.75, 3.05) is 20.8 Å². The number of carbonyl (C=O) groups is 1. The van der Waals surface area contributed by atoms with Crippen LogP contribution in [0.2, 0.25) is 0 Å². The van der Waals surface area contributed by atoms with E-state index in [-0.39, 0.29) is 0 Å². The summed E-state index contributed by atoms with van der Waals surface area (Å²) in [4.78, 5) is 12.7. The van der Waals surface area contributed by atoms with Gasteiger partial charge in [0.05, 0.1) is 14.2 Å². The SMILES string of the molecule is COc1cc2c(cc1OC)CN(C=O)CCC2. The van der Waals surface area contributed by atoms with E-state index in [0.29, 0.717) is 6.54 Å². The molecule has 1 aliphatic heterocycles. The van der Waals surface area contributed by atoms with Gasteiger partial charge in [-0.25, -0.2) is 0 Å². The van der Waals surface area contributed by atoms with Gasteiger partial charge in [0.15, 0.2) is 11.5 Å². The zero-order chi connectivity index (χ0) is 12.3. The molecule has 1 aliphatic rings. The number of carbonyl (C=O) groups excluding carboxylic acids is 1. The Bertz CT molecular complexity index is 417. The Morgan fingerprint density at radius 1 is 1.18 bits per heavy atom. The molecule has 0 radical (unpaired) electrons. The van der Waals surface area contributed by atoms with Crippen molar-refractivity contribution in [3.05, 3.63) is 23.3 Å². The van der Waals surface area contributed by atoms with Crippen LogP contribution >= 0.6 is 0 Å². The van der Waals surface area contributed by atoms with E-state index in [2.05, 4.69) is 0 Å². The highest BCUT2D eigenvalue weighted by atomic mass is 16.5. The summed E-state index contributed by atoms with van der Waals surface area (Å²) in [6, 6.07) is 3.98. The van der Waals surface area contributed by atoms with Crippen molar-refractivity contribution in [3.8, 4) is 11.5 Å². The minimum Gasteiger partial charge on any atom is -0.493 e. The van der Waals surface area contributed by atoms with Crippen LogP contribution < -0.4 is 9.47 Å². The van der Waals surface area contributed by atoms with E-state index in [9.17, 15) is 4.79 Å². The lowest BCUT2D eigenvalue weighted by Gasteiger charge is -2.16. The molecule has 92 valence electrons. The summed E-state index contributed by atoms with van der Waals surface area (Å²) in [6.07, 6.45) is 2.87. The largest absolute Gasteiger partial charge is 0.493 e. The second kappa shape index (κ2) is 5.08. The molecule has 0 saturated carbocycles. The first-order chi connectivity index (χ1) is 8.28. The van der Waals surface area contributed by atoms with Crippen LogP contribution in [0.25, 0.3) is 0 Å². The summed E-state index contributed by atoms with van der Waals surface area (Å²) in [5.41, 5.74) is 2.39. The summed E-state index contributed by atoms with van der Waals surface area (Å²) in [5, 5.41) is 0. The second-order valence-electron chi connectivity index (χ2n) is 4.16. The second-order valence-corrected chi connectivity index (χ2v) is 4.16. The van der Waals surface area contributed by atoms with Gasteiger partial charge in [-0.1, -0.05) is 0 Å². The number of ether oxygens (including phenoxy) is 2. The van der Waals surface area contributed by atoms with E-state index in [4.69, 9.17) is 9.47 Å². The molecular formula is C13H17NO3. The summed E-state index contributed by atoms with van der Waals surface area (Å²) in [7, 11) is 3.26. The zero-order valence-corrected chi connectivity index (χ0v) is 10.2. The molecule has 4 nitrogen and oxygen atoms in total. The van der Waals surface area contributed by atoms with Gasteiger partial charge in [-0.15, -0.1) is 0 Å². The van der Waals surface area contributed by atoms with Gasteiger partial charge in [0.25, 0.3) is 0 Å². The lowest BCUT2D eigenvalue weighted by atomic mass is 10.0. The first kappa shape index (κ1) is 11.8. The van der Waals surface area contributed by atoms with Crippen LogP contribution in [0.5, 0.6) is 11.5 Å². The van der Waals surface area contributed by atoms with E-state index in [1.54, 1.807) is 19.1 Å². The third-order valence-electron chi connectivity index (χ3n) is 3.12. The number of methoxy groups -OCH3 is 2. The molecule has 2 rings (SSSR count). The Labute approximate surface area is 101 Å². The summed E-state index contributed by atoms with van der Waals surface area (Å²) >= 11 is 0. The van der Waals surface area contributed by atoms with E-state index in [1.807, 2.05) is 12.1 Å². The highest BCUT2D eigenvalue weighted by Crippen LogP contribution is 2.32. The van der Waals surface area contributed by atoms with Crippen molar-refractivity contribution in [2.24, 2.45) is 0 Å². The highest BCUT2D eigenvalue weighted by Gasteiger charge is 2.16. The Morgan fingerprint density at radius 2 is 1.82 bits per heavy atom. The molecule has 0 N–H and O–H groups in total. The molecule has 0 spiro atoms. The number of hydrogen-bond acceptors (Lipinski definition) is 3. The average molecular weight is 235 g/mol. The van der Waals surface area contributed by atoms with Crippen LogP contribution in [0.3, 0.4) is 0 Å². The molecule has 1 amide bonds. The Balaban J connectivity index is 2.39. The van der Waals surface area contributed by atoms with Gasteiger partial charge in [-0.3, -0.25) is 4.79 Å². The predicted octanol–water partition coefficient (Wildman–Crippen LogP) is 1.61. The van der Waals surface area contributed by atoms with Crippen molar-refractivity contribution in [3.63, 3.8) is 0 Å². The smallest absolute Gasteiger partial charge is 0.210 e. The fourth-order valence-electron chi connectivity index (χ4n) is 2.20. The van der Waals surface area contributed by atoms with Crippen molar-refractivity contribution >= 4 is 6.41 Å². The van der Waals surface area contributed by atoms with Gasteiger partial charge in [-0.05, 0) is 36.1 Å². The maximum Gasteiger partial charge on any atom is 0.210 e. The molecule has 1 aromatic rings. The normalized spacial score (nSPS) is 14.8. The summed E-state index contributed by atoms with van der Waals surface area (Å²) in [6.45, 7) is 1.46. The monoisotopic (exact) mass is 235 g/mol. The van der Waals surface area contributed by atoms with Gasteiger partial charge in [-0.2, -0.15) is 0 Å². The number of hydrogen-bond donors (Lipinski definition) is 0. The maximum atomic E-state index is 10.9. The molecule has 0 unspecified atom stereocenters. The van der Waals surface area contributed by atoms with Gasteiger partial charge >= 0.3 is 0 Å². The van der Waals surface area contributed by atoms with Crippen LogP contribution in [0, 0.1) is 0 Å². The molecule has 0 bridgehead atoms. The lowest BCUT2D eigenvalue weighted by molar-refractivity contribution is -0.118. The molecular weight excluding hydrogens is 218 g/mol. The minimum absolute atomic E-state index is 0.652. The molecule has 0 aliphatic carbocycles. The molecule has 4 heteroatoms. The molecule has 1 aromatic carbocycles. The molecule has 17 heavy (non-hydrogen) atoms. The molecule has 0 saturated heterocycles. The quantitative estimate of drug-likeness (QED) is 0.747. The molecule has 0 atom stereocenters. The van der Waals surface area contributed by atoms with Crippen LogP contribution in [-0.4, -0.2) is 32.1 Å². The number of amides is 1. The van der Waals surface area contributed by atoms with Crippen molar-refractivity contribution < 1.29 is 14.3 Å². The maximum absolute atomic E-state index is 10.9. The van der Waals surface area contributed by atoms with Crippen LogP contribution in [0.15, 0.2) is 12.1 Å². The predicted molar refractivity (Wildman–Crippen MR) is 64.3 cm³/mol. The van der Waals surface area contributed by atoms with E-state index in [1.165, 1.54) is 5.56 Å². The van der Waals surface area contributed by atoms with Gasteiger partial charge in [0, 0.05) is 13.1 Å². The van der Waals surface area contributed by atoms with Gasteiger partial charge in [0.1, 0.15) is 0 Å². The minimum atomic E-state index is 0.652. The standard InChI is InChI=1S/C13H17NO3/c1-16-12-6-10-4-3-5-14(9-15)8-11(10)7-13(12)17-2/h6-7,9H,3-5,8H2,1-2H3. The first-order valence-corrected chi connectivity index (χ1v) is 5.71.